The van der Waals surface area contributed by atoms with E-state index in [0.29, 0.717) is 11.7 Å². The Hall–Kier alpha value is -2.04. The maximum absolute atomic E-state index is 11.8. The quantitative estimate of drug-likeness (QED) is 0.873. The Morgan fingerprint density at radius 3 is 2.68 bits per heavy atom. The average molecular weight is 304 g/mol. The van der Waals surface area contributed by atoms with Crippen LogP contribution in [0.3, 0.4) is 0 Å². The Bertz CT molecular complexity index is 522. The van der Waals surface area contributed by atoms with E-state index in [-0.39, 0.29) is 25.0 Å². The lowest BCUT2D eigenvalue weighted by atomic mass is 10.0. The van der Waals surface area contributed by atoms with Gasteiger partial charge >= 0.3 is 0 Å². The molecule has 0 aliphatic carbocycles. The first-order valence-corrected chi connectivity index (χ1v) is 7.83. The summed E-state index contributed by atoms with van der Waals surface area (Å²) < 4.78 is 5.48. The fourth-order valence-corrected chi connectivity index (χ4v) is 2.42. The van der Waals surface area contributed by atoms with Crippen molar-refractivity contribution in [1.29, 1.82) is 0 Å². The first-order chi connectivity index (χ1) is 10.6. The number of carbonyl (C=O) groups is 2. The molecule has 1 heterocycles. The Morgan fingerprint density at radius 2 is 2.00 bits per heavy atom. The standard InChI is InChI=1S/C17H24N2O3/c1-13(2)14-6-5-7-15(10-14)22-12-16(20)18-11-17(21)19-8-3-4-9-19/h5-7,10,13H,3-4,8-9,11-12H2,1-2H3,(H,18,20). The third-order valence-corrected chi connectivity index (χ3v) is 3.79. The molecule has 1 aromatic rings. The molecule has 22 heavy (non-hydrogen) atoms. The molecular formula is C17H24N2O3. The molecule has 5 heteroatoms. The number of amides is 2. The van der Waals surface area contributed by atoms with E-state index >= 15 is 0 Å². The minimum absolute atomic E-state index is 0.0207. The van der Waals surface area contributed by atoms with Gasteiger partial charge in [-0.25, -0.2) is 0 Å². The van der Waals surface area contributed by atoms with Crippen LogP contribution in [-0.4, -0.2) is 43.0 Å². The highest BCUT2D eigenvalue weighted by molar-refractivity contribution is 5.85. The normalized spacial score (nSPS) is 14.2. The van der Waals surface area contributed by atoms with E-state index in [1.54, 1.807) is 4.90 Å². The molecule has 0 bridgehead atoms. The van der Waals surface area contributed by atoms with Crippen molar-refractivity contribution in [1.82, 2.24) is 10.2 Å². The molecule has 1 aliphatic heterocycles. The molecule has 5 nitrogen and oxygen atoms in total. The lowest BCUT2D eigenvalue weighted by Crippen LogP contribution is -2.40. The van der Waals surface area contributed by atoms with Crippen molar-refractivity contribution < 1.29 is 14.3 Å². The topological polar surface area (TPSA) is 58.6 Å². The van der Waals surface area contributed by atoms with Gasteiger partial charge in [-0.05, 0) is 36.5 Å². The zero-order chi connectivity index (χ0) is 15.9. The highest BCUT2D eigenvalue weighted by Crippen LogP contribution is 2.19. The van der Waals surface area contributed by atoms with Gasteiger partial charge in [0.1, 0.15) is 5.75 Å². The Labute approximate surface area is 131 Å². The number of benzene rings is 1. The number of carbonyl (C=O) groups excluding carboxylic acids is 2. The summed E-state index contributed by atoms with van der Waals surface area (Å²) >= 11 is 0. The molecule has 1 saturated heterocycles. The van der Waals surface area contributed by atoms with Crippen LogP contribution in [-0.2, 0) is 9.59 Å². The van der Waals surface area contributed by atoms with E-state index in [2.05, 4.69) is 19.2 Å². The zero-order valence-corrected chi connectivity index (χ0v) is 13.3. The Kier molecular flexibility index (Phi) is 5.81. The second-order valence-corrected chi connectivity index (χ2v) is 5.88. The molecule has 2 amide bonds. The van der Waals surface area contributed by atoms with Gasteiger partial charge < -0.3 is 15.0 Å². The summed E-state index contributed by atoms with van der Waals surface area (Å²) in [5, 5.41) is 2.61. The van der Waals surface area contributed by atoms with E-state index in [1.165, 1.54) is 5.56 Å². The number of hydrogen-bond acceptors (Lipinski definition) is 3. The van der Waals surface area contributed by atoms with Crippen molar-refractivity contribution in [3.63, 3.8) is 0 Å². The number of likely N-dealkylation sites (tertiary alicyclic amines) is 1. The first-order valence-electron chi connectivity index (χ1n) is 7.83. The Morgan fingerprint density at radius 1 is 1.27 bits per heavy atom. The molecule has 2 rings (SSSR count). The molecule has 1 aromatic carbocycles. The highest BCUT2D eigenvalue weighted by atomic mass is 16.5. The van der Waals surface area contributed by atoms with Crippen LogP contribution < -0.4 is 10.1 Å². The molecule has 0 unspecified atom stereocenters. The SMILES string of the molecule is CC(C)c1cccc(OCC(=O)NCC(=O)N2CCCC2)c1. The summed E-state index contributed by atoms with van der Waals surface area (Å²) in [6, 6.07) is 7.72. The lowest BCUT2D eigenvalue weighted by molar-refractivity contribution is -0.132. The first kappa shape index (κ1) is 16.3. The maximum atomic E-state index is 11.8. The zero-order valence-electron chi connectivity index (χ0n) is 13.3. The number of nitrogens with zero attached hydrogens (tertiary/aromatic N) is 1. The van der Waals surface area contributed by atoms with Crippen LogP contribution in [0, 0.1) is 0 Å². The van der Waals surface area contributed by atoms with Gasteiger partial charge in [0.25, 0.3) is 5.91 Å². The second-order valence-electron chi connectivity index (χ2n) is 5.88. The van der Waals surface area contributed by atoms with Crippen molar-refractivity contribution in [3.8, 4) is 5.75 Å². The maximum Gasteiger partial charge on any atom is 0.258 e. The van der Waals surface area contributed by atoms with Crippen LogP contribution in [0.1, 0.15) is 38.2 Å². The van der Waals surface area contributed by atoms with Crippen molar-refractivity contribution in [2.45, 2.75) is 32.6 Å². The minimum atomic E-state index is -0.275. The molecule has 0 spiro atoms. The highest BCUT2D eigenvalue weighted by Gasteiger charge is 2.18. The molecule has 0 aromatic heterocycles. The monoisotopic (exact) mass is 304 g/mol. The van der Waals surface area contributed by atoms with Crippen LogP contribution in [0.15, 0.2) is 24.3 Å². The number of ether oxygens (including phenoxy) is 1. The molecule has 120 valence electrons. The lowest BCUT2D eigenvalue weighted by Gasteiger charge is -2.15. The molecule has 0 radical (unpaired) electrons. The van der Waals surface area contributed by atoms with Gasteiger partial charge in [0.05, 0.1) is 6.54 Å². The van der Waals surface area contributed by atoms with Gasteiger partial charge in [-0.2, -0.15) is 0 Å². The number of nitrogens with one attached hydrogen (secondary N) is 1. The van der Waals surface area contributed by atoms with Crippen LogP contribution in [0.5, 0.6) is 5.75 Å². The summed E-state index contributed by atoms with van der Waals surface area (Å²) in [5.74, 6) is 0.790. The fraction of sp³-hybridized carbons (Fsp3) is 0.529. The van der Waals surface area contributed by atoms with Crippen LogP contribution >= 0.6 is 0 Å². The van der Waals surface area contributed by atoms with Crippen LogP contribution in [0.2, 0.25) is 0 Å². The predicted molar refractivity (Wildman–Crippen MR) is 84.8 cm³/mol. The molecule has 1 fully saturated rings. The van der Waals surface area contributed by atoms with Gasteiger partial charge in [0, 0.05) is 13.1 Å². The van der Waals surface area contributed by atoms with Crippen LogP contribution in [0.25, 0.3) is 0 Å². The smallest absolute Gasteiger partial charge is 0.258 e. The van der Waals surface area contributed by atoms with Crippen molar-refractivity contribution in [2.75, 3.05) is 26.2 Å². The molecule has 1 aliphatic rings. The molecular weight excluding hydrogens is 280 g/mol. The summed E-state index contributed by atoms with van der Waals surface area (Å²) in [6.45, 7) is 5.79. The van der Waals surface area contributed by atoms with E-state index in [4.69, 9.17) is 4.74 Å². The van der Waals surface area contributed by atoms with E-state index < -0.39 is 0 Å². The number of hydrogen-bond donors (Lipinski definition) is 1. The summed E-state index contributed by atoms with van der Waals surface area (Å²) in [4.78, 5) is 25.3. The summed E-state index contributed by atoms with van der Waals surface area (Å²) in [5.41, 5.74) is 1.17. The second kappa shape index (κ2) is 7.82. The van der Waals surface area contributed by atoms with Gasteiger partial charge in [-0.1, -0.05) is 26.0 Å². The van der Waals surface area contributed by atoms with Gasteiger partial charge in [0.2, 0.25) is 5.91 Å². The third kappa shape index (κ3) is 4.76. The largest absolute Gasteiger partial charge is 0.484 e. The van der Waals surface area contributed by atoms with Crippen molar-refractivity contribution in [2.24, 2.45) is 0 Å². The van der Waals surface area contributed by atoms with Crippen LogP contribution in [0.4, 0.5) is 0 Å². The van der Waals surface area contributed by atoms with E-state index in [9.17, 15) is 9.59 Å². The van der Waals surface area contributed by atoms with Crippen molar-refractivity contribution in [3.05, 3.63) is 29.8 Å². The average Bonchev–Trinajstić information content (AvgIpc) is 3.05. The minimum Gasteiger partial charge on any atom is -0.484 e. The molecule has 0 saturated carbocycles. The summed E-state index contributed by atoms with van der Waals surface area (Å²) in [6.07, 6.45) is 2.10. The van der Waals surface area contributed by atoms with Crippen molar-refractivity contribution >= 4 is 11.8 Å². The van der Waals surface area contributed by atoms with Gasteiger partial charge in [-0.3, -0.25) is 9.59 Å². The van der Waals surface area contributed by atoms with Gasteiger partial charge in [-0.15, -0.1) is 0 Å². The van der Waals surface area contributed by atoms with E-state index in [1.807, 2.05) is 24.3 Å². The van der Waals surface area contributed by atoms with E-state index in [0.717, 1.165) is 25.9 Å². The predicted octanol–water partition coefficient (Wildman–Crippen LogP) is 1.93. The third-order valence-electron chi connectivity index (χ3n) is 3.79. The molecule has 1 N–H and O–H groups in total. The fourth-order valence-electron chi connectivity index (χ4n) is 2.42. The molecule has 0 atom stereocenters. The van der Waals surface area contributed by atoms with Gasteiger partial charge in [0.15, 0.2) is 6.61 Å². The number of rotatable bonds is 6. The Balaban J connectivity index is 1.73. The summed E-state index contributed by atoms with van der Waals surface area (Å²) in [7, 11) is 0.